The topological polar surface area (TPSA) is 34.9 Å². The van der Waals surface area contributed by atoms with Gasteiger partial charge >= 0.3 is 0 Å². The Morgan fingerprint density at radius 2 is 2.00 bits per heavy atom. The third-order valence-electron chi connectivity index (χ3n) is 3.47. The van der Waals surface area contributed by atoms with Gasteiger partial charge in [0.1, 0.15) is 0 Å². The van der Waals surface area contributed by atoms with E-state index >= 15 is 0 Å². The Hall–Kier alpha value is -1.61. The van der Waals surface area contributed by atoms with Crippen molar-refractivity contribution < 1.29 is 0 Å². The van der Waals surface area contributed by atoms with Gasteiger partial charge in [-0.05, 0) is 31.2 Å². The quantitative estimate of drug-likeness (QED) is 0.861. The molecule has 1 saturated carbocycles. The Kier molecular flexibility index (Phi) is 3.15. The Bertz CT molecular complexity index is 657. The number of halogens is 1. The number of aryl methyl sites for hydroxylation is 1. The lowest BCUT2D eigenvalue weighted by molar-refractivity contribution is 0.534. The van der Waals surface area contributed by atoms with Crippen LogP contribution in [0.15, 0.2) is 35.3 Å². The number of hydrogen-bond acceptors (Lipinski definition) is 2. The van der Waals surface area contributed by atoms with Gasteiger partial charge in [0, 0.05) is 6.54 Å². The molecule has 0 radical (unpaired) electrons. The van der Waals surface area contributed by atoms with Crippen molar-refractivity contribution in [1.29, 1.82) is 0 Å². The van der Waals surface area contributed by atoms with E-state index in [1.165, 1.54) is 12.8 Å². The van der Waals surface area contributed by atoms with Gasteiger partial charge in [-0.15, -0.1) is 0 Å². The summed E-state index contributed by atoms with van der Waals surface area (Å²) in [4.78, 5) is 12.5. The first-order valence-electron chi connectivity index (χ1n) is 6.48. The van der Waals surface area contributed by atoms with Gasteiger partial charge in [-0.1, -0.05) is 41.4 Å². The first-order valence-corrected chi connectivity index (χ1v) is 6.85. The number of benzene rings is 1. The standard InChI is InChI=1S/C15H15ClN2O/c1-10-2-6-12(7-3-10)14-13(16)8-17-18(15(14)19)9-11-4-5-11/h2-3,6-8,11H,4-5,9H2,1H3. The van der Waals surface area contributed by atoms with E-state index in [0.29, 0.717) is 23.0 Å². The van der Waals surface area contributed by atoms with Crippen LogP contribution in [0.1, 0.15) is 18.4 Å². The number of hydrogen-bond donors (Lipinski definition) is 0. The summed E-state index contributed by atoms with van der Waals surface area (Å²) in [5, 5.41) is 4.55. The lowest BCUT2D eigenvalue weighted by Crippen LogP contribution is -2.25. The second-order valence-corrected chi connectivity index (χ2v) is 5.57. The molecule has 1 aliphatic carbocycles. The summed E-state index contributed by atoms with van der Waals surface area (Å²) in [6, 6.07) is 7.83. The minimum Gasteiger partial charge on any atom is -0.267 e. The van der Waals surface area contributed by atoms with E-state index in [0.717, 1.165) is 11.1 Å². The van der Waals surface area contributed by atoms with E-state index in [4.69, 9.17) is 11.6 Å². The summed E-state index contributed by atoms with van der Waals surface area (Å²) in [6.07, 6.45) is 3.95. The van der Waals surface area contributed by atoms with Gasteiger partial charge < -0.3 is 0 Å². The first-order chi connectivity index (χ1) is 9.15. The highest BCUT2D eigenvalue weighted by atomic mass is 35.5. The molecule has 19 heavy (non-hydrogen) atoms. The van der Waals surface area contributed by atoms with Crippen molar-refractivity contribution in [2.24, 2.45) is 5.92 Å². The molecule has 1 fully saturated rings. The van der Waals surface area contributed by atoms with E-state index in [1.54, 1.807) is 10.9 Å². The van der Waals surface area contributed by atoms with E-state index in [2.05, 4.69) is 5.10 Å². The van der Waals surface area contributed by atoms with Crippen molar-refractivity contribution >= 4 is 11.6 Å². The molecule has 0 aliphatic heterocycles. The van der Waals surface area contributed by atoms with Gasteiger partial charge in [0.05, 0.1) is 16.8 Å². The summed E-state index contributed by atoms with van der Waals surface area (Å²) >= 11 is 6.15. The van der Waals surface area contributed by atoms with Crippen molar-refractivity contribution in [2.45, 2.75) is 26.3 Å². The Morgan fingerprint density at radius 3 is 2.63 bits per heavy atom. The van der Waals surface area contributed by atoms with Gasteiger partial charge in [0.15, 0.2) is 0 Å². The molecule has 0 bridgehead atoms. The highest BCUT2D eigenvalue weighted by Crippen LogP contribution is 2.30. The maximum absolute atomic E-state index is 12.5. The summed E-state index contributed by atoms with van der Waals surface area (Å²) in [5.74, 6) is 0.609. The monoisotopic (exact) mass is 274 g/mol. The summed E-state index contributed by atoms with van der Waals surface area (Å²) in [5.41, 5.74) is 2.47. The van der Waals surface area contributed by atoms with Crippen LogP contribution >= 0.6 is 11.6 Å². The summed E-state index contributed by atoms with van der Waals surface area (Å²) < 4.78 is 1.54. The average molecular weight is 275 g/mol. The Morgan fingerprint density at radius 1 is 1.32 bits per heavy atom. The van der Waals surface area contributed by atoms with E-state index in [1.807, 2.05) is 31.2 Å². The van der Waals surface area contributed by atoms with E-state index < -0.39 is 0 Å². The normalized spacial score (nSPS) is 14.6. The zero-order valence-corrected chi connectivity index (χ0v) is 11.5. The molecule has 4 heteroatoms. The van der Waals surface area contributed by atoms with Gasteiger partial charge in [-0.3, -0.25) is 4.79 Å². The molecule has 1 aliphatic rings. The predicted molar refractivity (Wildman–Crippen MR) is 76.4 cm³/mol. The van der Waals surface area contributed by atoms with Crippen LogP contribution in [0, 0.1) is 12.8 Å². The maximum Gasteiger partial charge on any atom is 0.276 e. The van der Waals surface area contributed by atoms with Crippen LogP contribution in [0.4, 0.5) is 0 Å². The van der Waals surface area contributed by atoms with Crippen LogP contribution < -0.4 is 5.56 Å². The minimum absolute atomic E-state index is 0.0942. The zero-order chi connectivity index (χ0) is 13.4. The van der Waals surface area contributed by atoms with Crippen molar-refractivity contribution in [2.75, 3.05) is 0 Å². The molecule has 2 aromatic rings. The van der Waals surface area contributed by atoms with Gasteiger partial charge in [-0.25, -0.2) is 4.68 Å². The molecule has 0 atom stereocenters. The third kappa shape index (κ3) is 2.56. The fourth-order valence-electron chi connectivity index (χ4n) is 2.13. The second-order valence-electron chi connectivity index (χ2n) is 5.16. The molecule has 1 aromatic carbocycles. The zero-order valence-electron chi connectivity index (χ0n) is 10.8. The predicted octanol–water partition coefficient (Wildman–Crippen LogP) is 3.28. The third-order valence-corrected chi connectivity index (χ3v) is 3.75. The number of nitrogens with zero attached hydrogens (tertiary/aromatic N) is 2. The SMILES string of the molecule is Cc1ccc(-c2c(Cl)cnn(CC3CC3)c2=O)cc1. The van der Waals surface area contributed by atoms with Crippen LogP contribution in [0.2, 0.25) is 5.02 Å². The molecule has 3 rings (SSSR count). The van der Waals surface area contributed by atoms with Gasteiger partial charge in [0.25, 0.3) is 5.56 Å². The van der Waals surface area contributed by atoms with Crippen LogP contribution in [0.5, 0.6) is 0 Å². The van der Waals surface area contributed by atoms with E-state index in [-0.39, 0.29) is 5.56 Å². The van der Waals surface area contributed by atoms with Crippen molar-refractivity contribution in [1.82, 2.24) is 9.78 Å². The molecule has 1 heterocycles. The largest absolute Gasteiger partial charge is 0.276 e. The first kappa shape index (κ1) is 12.4. The lowest BCUT2D eigenvalue weighted by Gasteiger charge is -2.08. The Balaban J connectivity index is 2.08. The maximum atomic E-state index is 12.5. The van der Waals surface area contributed by atoms with Gasteiger partial charge in [-0.2, -0.15) is 5.10 Å². The van der Waals surface area contributed by atoms with Crippen LogP contribution in [-0.2, 0) is 6.54 Å². The fourth-order valence-corrected chi connectivity index (χ4v) is 2.36. The molecule has 0 saturated heterocycles. The van der Waals surface area contributed by atoms with Crippen molar-refractivity contribution in [3.05, 3.63) is 51.4 Å². The average Bonchev–Trinajstić information content (AvgIpc) is 3.19. The second kappa shape index (κ2) is 4.82. The molecular formula is C15H15ClN2O. The fraction of sp³-hybridized carbons (Fsp3) is 0.333. The summed E-state index contributed by atoms with van der Waals surface area (Å²) in [7, 11) is 0. The highest BCUT2D eigenvalue weighted by Gasteiger charge is 2.23. The smallest absolute Gasteiger partial charge is 0.267 e. The summed E-state index contributed by atoms with van der Waals surface area (Å²) in [6.45, 7) is 2.72. The Labute approximate surface area is 116 Å². The molecule has 3 nitrogen and oxygen atoms in total. The number of aromatic nitrogens is 2. The van der Waals surface area contributed by atoms with Crippen LogP contribution in [0.3, 0.4) is 0 Å². The molecular weight excluding hydrogens is 260 g/mol. The van der Waals surface area contributed by atoms with Crippen LogP contribution in [-0.4, -0.2) is 9.78 Å². The van der Waals surface area contributed by atoms with Crippen molar-refractivity contribution in [3.63, 3.8) is 0 Å². The molecule has 1 aromatic heterocycles. The molecule has 98 valence electrons. The lowest BCUT2D eigenvalue weighted by atomic mass is 10.1. The van der Waals surface area contributed by atoms with Gasteiger partial charge in [0.2, 0.25) is 0 Å². The van der Waals surface area contributed by atoms with Crippen molar-refractivity contribution in [3.8, 4) is 11.1 Å². The number of rotatable bonds is 3. The highest BCUT2D eigenvalue weighted by molar-refractivity contribution is 6.33. The molecule has 0 unspecified atom stereocenters. The van der Waals surface area contributed by atoms with Crippen LogP contribution in [0.25, 0.3) is 11.1 Å². The van der Waals surface area contributed by atoms with E-state index in [9.17, 15) is 4.79 Å². The molecule has 0 N–H and O–H groups in total. The molecule has 0 spiro atoms. The molecule has 0 amide bonds. The minimum atomic E-state index is -0.0942.